The van der Waals surface area contributed by atoms with Crippen molar-refractivity contribution >= 4 is 34.7 Å². The monoisotopic (exact) mass is 375 g/mol. The molecule has 1 aromatic carbocycles. The third-order valence-electron chi connectivity index (χ3n) is 3.50. The number of thiazole rings is 1. The summed E-state index contributed by atoms with van der Waals surface area (Å²) < 4.78 is 1.84. The minimum absolute atomic E-state index is 0.253. The molecule has 0 aliphatic rings. The fourth-order valence-electron chi connectivity index (χ4n) is 2.34. The maximum absolute atomic E-state index is 11.9. The Kier molecular flexibility index (Phi) is 5.35. The molecule has 0 unspecified atom stereocenters. The minimum atomic E-state index is -0.253. The molecule has 2 amide bonds. The summed E-state index contributed by atoms with van der Waals surface area (Å²) >= 11 is 7.36. The molecule has 0 aliphatic carbocycles. The maximum atomic E-state index is 11.9. The van der Waals surface area contributed by atoms with Crippen LogP contribution in [0.25, 0.3) is 5.13 Å². The van der Waals surface area contributed by atoms with Crippen LogP contribution in [0.3, 0.4) is 0 Å². The first-order valence-corrected chi connectivity index (χ1v) is 9.05. The lowest BCUT2D eigenvalue weighted by Crippen LogP contribution is -2.30. The number of amides is 2. The van der Waals surface area contributed by atoms with E-state index in [4.69, 9.17) is 11.6 Å². The Hall–Kier alpha value is -2.38. The maximum Gasteiger partial charge on any atom is 0.319 e. The van der Waals surface area contributed by atoms with Crippen molar-refractivity contribution < 1.29 is 4.79 Å². The van der Waals surface area contributed by atoms with Crippen LogP contribution in [0.5, 0.6) is 0 Å². The predicted molar refractivity (Wildman–Crippen MR) is 101 cm³/mol. The molecule has 2 N–H and O–H groups in total. The van der Waals surface area contributed by atoms with Crippen LogP contribution in [0.2, 0.25) is 5.02 Å². The molecule has 0 radical (unpaired) electrons. The van der Waals surface area contributed by atoms with Crippen molar-refractivity contribution in [1.29, 1.82) is 0 Å². The van der Waals surface area contributed by atoms with E-state index in [0.29, 0.717) is 23.7 Å². The van der Waals surface area contributed by atoms with Gasteiger partial charge in [-0.3, -0.25) is 0 Å². The Morgan fingerprint density at radius 3 is 2.72 bits per heavy atom. The van der Waals surface area contributed by atoms with Gasteiger partial charge in [0, 0.05) is 34.7 Å². The van der Waals surface area contributed by atoms with Gasteiger partial charge in [0.2, 0.25) is 5.13 Å². The summed E-state index contributed by atoms with van der Waals surface area (Å²) in [6.07, 6.45) is 0.657. The summed E-state index contributed by atoms with van der Waals surface area (Å²) in [4.78, 5) is 16.5. The normalized spacial score (nSPS) is 10.7. The second-order valence-corrected chi connectivity index (χ2v) is 6.87. The van der Waals surface area contributed by atoms with Crippen molar-refractivity contribution in [2.75, 3.05) is 11.9 Å². The van der Waals surface area contributed by atoms with Crippen LogP contribution in [0.15, 0.2) is 35.7 Å². The van der Waals surface area contributed by atoms with Gasteiger partial charge < -0.3 is 10.6 Å². The highest BCUT2D eigenvalue weighted by atomic mass is 35.5. The number of halogens is 1. The summed E-state index contributed by atoms with van der Waals surface area (Å²) in [6.45, 7) is 4.46. The quantitative estimate of drug-likeness (QED) is 0.708. The van der Waals surface area contributed by atoms with Crippen molar-refractivity contribution in [3.05, 3.63) is 57.8 Å². The van der Waals surface area contributed by atoms with Crippen LogP contribution in [-0.2, 0) is 6.42 Å². The van der Waals surface area contributed by atoms with E-state index in [0.717, 1.165) is 22.2 Å². The first-order valence-electron chi connectivity index (χ1n) is 7.80. The van der Waals surface area contributed by atoms with Gasteiger partial charge in [-0.05, 0) is 44.2 Å². The standard InChI is InChI=1S/C17H18ClN5OS/c1-11-9-12(2)23(22-11)17-21-15(10-25-17)7-8-19-16(24)20-14-5-3-13(18)4-6-14/h3-6,9-10H,7-8H2,1-2H3,(H2,19,20,24). The first-order chi connectivity index (χ1) is 12.0. The van der Waals surface area contributed by atoms with Crippen molar-refractivity contribution in [1.82, 2.24) is 20.1 Å². The number of hydrogen-bond acceptors (Lipinski definition) is 4. The fourth-order valence-corrected chi connectivity index (χ4v) is 3.34. The molecule has 0 saturated heterocycles. The van der Waals surface area contributed by atoms with Crippen LogP contribution < -0.4 is 10.6 Å². The predicted octanol–water partition coefficient (Wildman–Crippen LogP) is 3.96. The van der Waals surface area contributed by atoms with Gasteiger partial charge in [-0.25, -0.2) is 14.5 Å². The molecule has 25 heavy (non-hydrogen) atoms. The number of aryl methyl sites for hydroxylation is 2. The van der Waals surface area contributed by atoms with Gasteiger partial charge in [0.05, 0.1) is 11.4 Å². The number of rotatable bonds is 5. The first kappa shape index (κ1) is 17.4. The Labute approximate surface area is 154 Å². The second kappa shape index (κ2) is 7.67. The Bertz CT molecular complexity index is 872. The van der Waals surface area contributed by atoms with Gasteiger partial charge >= 0.3 is 6.03 Å². The van der Waals surface area contributed by atoms with E-state index >= 15 is 0 Å². The van der Waals surface area contributed by atoms with Crippen LogP contribution in [0, 0.1) is 13.8 Å². The molecule has 0 saturated carbocycles. The fraction of sp³-hybridized carbons (Fsp3) is 0.235. The zero-order valence-corrected chi connectivity index (χ0v) is 15.5. The average molecular weight is 376 g/mol. The summed E-state index contributed by atoms with van der Waals surface area (Å²) in [5.41, 5.74) is 3.65. The molecule has 0 aliphatic heterocycles. The topological polar surface area (TPSA) is 71.8 Å². The number of benzene rings is 1. The van der Waals surface area contributed by atoms with Crippen LogP contribution in [-0.4, -0.2) is 27.3 Å². The van der Waals surface area contributed by atoms with Crippen molar-refractivity contribution in [3.63, 3.8) is 0 Å². The molecule has 2 aromatic heterocycles. The number of carbonyl (C=O) groups excluding carboxylic acids is 1. The molecule has 6 nitrogen and oxygen atoms in total. The van der Waals surface area contributed by atoms with Crippen molar-refractivity contribution in [2.24, 2.45) is 0 Å². The van der Waals surface area contributed by atoms with E-state index in [9.17, 15) is 4.79 Å². The van der Waals surface area contributed by atoms with Crippen molar-refractivity contribution in [3.8, 4) is 5.13 Å². The van der Waals surface area contributed by atoms with Crippen LogP contribution in [0.1, 0.15) is 17.1 Å². The van der Waals surface area contributed by atoms with Crippen LogP contribution >= 0.6 is 22.9 Å². The van der Waals surface area contributed by atoms with E-state index in [1.165, 1.54) is 0 Å². The Balaban J connectivity index is 1.50. The minimum Gasteiger partial charge on any atom is -0.337 e. The molecule has 8 heteroatoms. The summed E-state index contributed by atoms with van der Waals surface area (Å²) in [5.74, 6) is 0. The summed E-state index contributed by atoms with van der Waals surface area (Å²) in [7, 11) is 0. The smallest absolute Gasteiger partial charge is 0.319 e. The zero-order chi connectivity index (χ0) is 17.8. The highest BCUT2D eigenvalue weighted by Gasteiger charge is 2.09. The largest absolute Gasteiger partial charge is 0.337 e. The number of anilines is 1. The van der Waals surface area contributed by atoms with Gasteiger partial charge in [-0.1, -0.05) is 11.6 Å². The molecule has 0 bridgehead atoms. The molecule has 0 fully saturated rings. The van der Waals surface area contributed by atoms with E-state index in [1.807, 2.05) is 30.0 Å². The van der Waals surface area contributed by atoms with Crippen LogP contribution in [0.4, 0.5) is 10.5 Å². The van der Waals surface area contributed by atoms with E-state index in [1.54, 1.807) is 35.6 Å². The Morgan fingerprint density at radius 1 is 1.28 bits per heavy atom. The molecule has 2 heterocycles. The third kappa shape index (κ3) is 4.58. The number of urea groups is 1. The average Bonchev–Trinajstić information content (AvgIpc) is 3.16. The van der Waals surface area contributed by atoms with Gasteiger partial charge in [0.25, 0.3) is 0 Å². The number of carbonyl (C=O) groups is 1. The summed E-state index contributed by atoms with van der Waals surface area (Å²) in [5, 5.41) is 13.5. The molecular weight excluding hydrogens is 358 g/mol. The SMILES string of the molecule is Cc1cc(C)n(-c2nc(CCNC(=O)Nc3ccc(Cl)cc3)cs2)n1. The molecular formula is C17H18ClN5OS. The van der Waals surface area contributed by atoms with Crippen molar-refractivity contribution in [2.45, 2.75) is 20.3 Å². The second-order valence-electron chi connectivity index (χ2n) is 5.60. The lowest BCUT2D eigenvalue weighted by molar-refractivity contribution is 0.252. The van der Waals surface area contributed by atoms with Gasteiger partial charge in [0.1, 0.15) is 0 Å². The highest BCUT2D eigenvalue weighted by Crippen LogP contribution is 2.17. The number of nitrogens with zero attached hydrogens (tertiary/aromatic N) is 3. The highest BCUT2D eigenvalue weighted by molar-refractivity contribution is 7.12. The lowest BCUT2D eigenvalue weighted by atomic mass is 10.3. The van der Waals surface area contributed by atoms with E-state index < -0.39 is 0 Å². The van der Waals surface area contributed by atoms with Gasteiger partial charge in [-0.15, -0.1) is 11.3 Å². The molecule has 130 valence electrons. The number of nitrogens with one attached hydrogen (secondary N) is 2. The molecule has 3 rings (SSSR count). The van der Waals surface area contributed by atoms with E-state index in [-0.39, 0.29) is 6.03 Å². The zero-order valence-electron chi connectivity index (χ0n) is 13.9. The van der Waals surface area contributed by atoms with E-state index in [2.05, 4.69) is 20.7 Å². The molecule has 0 spiro atoms. The lowest BCUT2D eigenvalue weighted by Gasteiger charge is -2.06. The Morgan fingerprint density at radius 2 is 2.04 bits per heavy atom. The summed E-state index contributed by atoms with van der Waals surface area (Å²) in [6, 6.07) is 8.73. The molecule has 3 aromatic rings. The van der Waals surface area contributed by atoms with Gasteiger partial charge in [0.15, 0.2) is 0 Å². The number of aromatic nitrogens is 3. The van der Waals surface area contributed by atoms with Gasteiger partial charge in [-0.2, -0.15) is 5.10 Å². The molecule has 0 atom stereocenters. The number of hydrogen-bond donors (Lipinski definition) is 2. The third-order valence-corrected chi connectivity index (χ3v) is 4.62.